The van der Waals surface area contributed by atoms with Gasteiger partial charge in [-0.3, -0.25) is 0 Å². The van der Waals surface area contributed by atoms with Crippen LogP contribution in [0, 0.1) is 11.8 Å². The lowest BCUT2D eigenvalue weighted by atomic mass is 10.0. The molecule has 0 heterocycles. The van der Waals surface area contributed by atoms with E-state index >= 15 is 0 Å². The van der Waals surface area contributed by atoms with Gasteiger partial charge in [0.2, 0.25) is 0 Å². The lowest BCUT2D eigenvalue weighted by Crippen LogP contribution is -2.15. The lowest BCUT2D eigenvalue weighted by Gasteiger charge is -2.13. The molecule has 0 aliphatic heterocycles. The van der Waals surface area contributed by atoms with Gasteiger partial charge in [0.1, 0.15) is 9.84 Å². The minimum Gasteiger partial charge on any atom is -0.229 e. The van der Waals surface area contributed by atoms with E-state index in [4.69, 9.17) is 11.6 Å². The molecule has 2 unspecified atom stereocenters. The first-order valence-corrected chi connectivity index (χ1v) is 6.68. The topological polar surface area (TPSA) is 34.1 Å². The molecule has 2 nitrogen and oxygen atoms in total. The van der Waals surface area contributed by atoms with Gasteiger partial charge in [0.05, 0.1) is 5.75 Å². The second-order valence-corrected chi connectivity index (χ2v) is 6.19. The van der Waals surface area contributed by atoms with Crippen LogP contribution in [-0.4, -0.2) is 26.3 Å². The van der Waals surface area contributed by atoms with Gasteiger partial charge in [-0.15, -0.1) is 11.6 Å². The molecule has 0 aromatic carbocycles. The summed E-state index contributed by atoms with van der Waals surface area (Å²) >= 11 is 5.62. The third kappa shape index (κ3) is 6.92. The van der Waals surface area contributed by atoms with E-state index in [0.29, 0.717) is 11.8 Å². The fraction of sp³-hybridized carbons (Fsp3) is 1.00. The Morgan fingerprint density at radius 1 is 1.25 bits per heavy atom. The normalized spacial score (nSPS) is 17.3. The summed E-state index contributed by atoms with van der Waals surface area (Å²) in [6, 6.07) is 0. The second-order valence-electron chi connectivity index (χ2n) is 3.69. The van der Waals surface area contributed by atoms with Crippen LogP contribution >= 0.6 is 11.6 Å². The predicted octanol–water partition coefficient (Wildman–Crippen LogP) is 1.93. The molecule has 0 fully saturated rings. The Morgan fingerprint density at radius 2 is 1.75 bits per heavy atom. The zero-order valence-corrected chi connectivity index (χ0v) is 9.45. The van der Waals surface area contributed by atoms with Crippen LogP contribution in [0.15, 0.2) is 0 Å². The van der Waals surface area contributed by atoms with Crippen LogP contribution in [0.2, 0.25) is 0 Å². The minimum atomic E-state index is -2.82. The Kier molecular flexibility index (Phi) is 5.18. The highest BCUT2D eigenvalue weighted by Crippen LogP contribution is 2.14. The number of halogens is 1. The van der Waals surface area contributed by atoms with Crippen molar-refractivity contribution in [1.29, 1.82) is 0 Å². The summed E-state index contributed by atoms with van der Waals surface area (Å²) < 4.78 is 21.8. The number of sulfone groups is 1. The molecular weight excluding hydrogens is 196 g/mol. The number of alkyl halides is 1. The highest BCUT2D eigenvalue weighted by Gasteiger charge is 2.13. The van der Waals surface area contributed by atoms with Crippen LogP contribution in [0.5, 0.6) is 0 Å². The van der Waals surface area contributed by atoms with Crippen molar-refractivity contribution < 1.29 is 8.42 Å². The van der Waals surface area contributed by atoms with Gasteiger partial charge in [0.25, 0.3) is 0 Å². The molecule has 0 aliphatic rings. The smallest absolute Gasteiger partial charge is 0.147 e. The Morgan fingerprint density at radius 3 is 2.08 bits per heavy atom. The average Bonchev–Trinajstić information content (AvgIpc) is 1.82. The monoisotopic (exact) mass is 212 g/mol. The third-order valence-corrected chi connectivity index (χ3v) is 3.36. The van der Waals surface area contributed by atoms with Crippen LogP contribution in [0.25, 0.3) is 0 Å². The quantitative estimate of drug-likeness (QED) is 0.653. The maximum Gasteiger partial charge on any atom is 0.147 e. The lowest BCUT2D eigenvalue weighted by molar-refractivity contribution is 0.469. The van der Waals surface area contributed by atoms with E-state index in [-0.39, 0.29) is 11.7 Å². The van der Waals surface area contributed by atoms with Crippen molar-refractivity contribution in [1.82, 2.24) is 0 Å². The fourth-order valence-corrected chi connectivity index (χ4v) is 2.63. The zero-order chi connectivity index (χ0) is 9.78. The van der Waals surface area contributed by atoms with Crippen LogP contribution in [0.1, 0.15) is 20.3 Å². The molecule has 0 aromatic heterocycles. The van der Waals surface area contributed by atoms with Crippen molar-refractivity contribution in [2.45, 2.75) is 20.3 Å². The summed E-state index contributed by atoms with van der Waals surface area (Å²) in [6.07, 6.45) is 2.16. The molecule has 0 spiro atoms. The Balaban J connectivity index is 3.82. The highest BCUT2D eigenvalue weighted by atomic mass is 35.5. The Bertz CT molecular complexity index is 211. The van der Waals surface area contributed by atoms with Gasteiger partial charge in [-0.1, -0.05) is 13.8 Å². The van der Waals surface area contributed by atoms with E-state index in [2.05, 4.69) is 0 Å². The molecule has 12 heavy (non-hydrogen) atoms. The summed E-state index contributed by atoms with van der Waals surface area (Å²) in [6.45, 7) is 3.98. The number of hydrogen-bond acceptors (Lipinski definition) is 2. The van der Waals surface area contributed by atoms with E-state index in [1.54, 1.807) is 0 Å². The van der Waals surface area contributed by atoms with Crippen molar-refractivity contribution in [3.05, 3.63) is 0 Å². The number of rotatable bonds is 5. The van der Waals surface area contributed by atoms with Gasteiger partial charge in [-0.2, -0.15) is 0 Å². The summed E-state index contributed by atoms with van der Waals surface area (Å²) in [5, 5.41) is 0. The van der Waals surface area contributed by atoms with E-state index in [1.165, 1.54) is 6.26 Å². The van der Waals surface area contributed by atoms with Gasteiger partial charge in [-0.05, 0) is 18.3 Å². The maximum atomic E-state index is 10.9. The summed E-state index contributed by atoms with van der Waals surface area (Å²) in [5.41, 5.74) is 0. The average molecular weight is 213 g/mol. The largest absolute Gasteiger partial charge is 0.229 e. The first-order valence-electron chi connectivity index (χ1n) is 4.09. The van der Waals surface area contributed by atoms with Gasteiger partial charge in [0, 0.05) is 12.1 Å². The molecule has 0 N–H and O–H groups in total. The summed E-state index contributed by atoms with van der Waals surface area (Å²) in [7, 11) is -2.82. The van der Waals surface area contributed by atoms with Gasteiger partial charge in [-0.25, -0.2) is 8.42 Å². The van der Waals surface area contributed by atoms with Crippen LogP contribution in [0.3, 0.4) is 0 Å². The SMILES string of the molecule is CC(CCl)CC(C)CS(C)(=O)=O. The molecule has 0 rings (SSSR count). The van der Waals surface area contributed by atoms with Crippen molar-refractivity contribution in [3.8, 4) is 0 Å². The van der Waals surface area contributed by atoms with Crippen molar-refractivity contribution in [2.24, 2.45) is 11.8 Å². The second kappa shape index (κ2) is 5.07. The Hall–Kier alpha value is 0.240. The molecular formula is C8H17ClO2S. The molecule has 0 aromatic rings. The molecule has 0 amide bonds. The van der Waals surface area contributed by atoms with Crippen LogP contribution in [-0.2, 0) is 9.84 Å². The number of hydrogen-bond donors (Lipinski definition) is 0. The summed E-state index contributed by atoms with van der Waals surface area (Å²) in [5.74, 6) is 1.50. The molecule has 0 aliphatic carbocycles. The maximum absolute atomic E-state index is 10.9. The predicted molar refractivity (Wildman–Crippen MR) is 53.4 cm³/mol. The first-order chi connectivity index (χ1) is 5.35. The van der Waals surface area contributed by atoms with Gasteiger partial charge >= 0.3 is 0 Å². The van der Waals surface area contributed by atoms with Crippen LogP contribution < -0.4 is 0 Å². The molecule has 0 bridgehead atoms. The molecule has 0 saturated carbocycles. The van der Waals surface area contributed by atoms with E-state index in [0.717, 1.165) is 6.42 Å². The standard InChI is InChI=1S/C8H17ClO2S/c1-7(5-9)4-8(2)6-12(3,10)11/h7-8H,4-6H2,1-3H3. The van der Waals surface area contributed by atoms with Crippen molar-refractivity contribution in [2.75, 3.05) is 17.9 Å². The van der Waals surface area contributed by atoms with Crippen LogP contribution in [0.4, 0.5) is 0 Å². The van der Waals surface area contributed by atoms with E-state index in [1.807, 2.05) is 13.8 Å². The molecule has 4 heteroatoms. The zero-order valence-electron chi connectivity index (χ0n) is 7.88. The first kappa shape index (κ1) is 12.2. The van der Waals surface area contributed by atoms with Crippen molar-refractivity contribution >= 4 is 21.4 Å². The molecule has 74 valence electrons. The minimum absolute atomic E-state index is 0.216. The van der Waals surface area contributed by atoms with E-state index < -0.39 is 9.84 Å². The molecule has 2 atom stereocenters. The molecule has 0 saturated heterocycles. The Labute approximate surface area is 80.2 Å². The third-order valence-electron chi connectivity index (χ3n) is 1.66. The summed E-state index contributed by atoms with van der Waals surface area (Å²) in [4.78, 5) is 0. The highest BCUT2D eigenvalue weighted by molar-refractivity contribution is 7.90. The van der Waals surface area contributed by atoms with E-state index in [9.17, 15) is 8.42 Å². The van der Waals surface area contributed by atoms with Gasteiger partial charge < -0.3 is 0 Å². The fourth-order valence-electron chi connectivity index (χ4n) is 1.33. The molecule has 0 radical (unpaired) electrons. The van der Waals surface area contributed by atoms with Crippen molar-refractivity contribution in [3.63, 3.8) is 0 Å². The van der Waals surface area contributed by atoms with Gasteiger partial charge in [0.15, 0.2) is 0 Å².